The van der Waals surface area contributed by atoms with Gasteiger partial charge < -0.3 is 9.47 Å². The monoisotopic (exact) mass is 284 g/mol. The Labute approximate surface area is 127 Å². The molecule has 0 aliphatic heterocycles. The maximum atomic E-state index is 5.81. The van der Waals surface area contributed by atoms with Gasteiger partial charge in [-0.15, -0.1) is 0 Å². The van der Waals surface area contributed by atoms with E-state index in [0.717, 1.165) is 11.5 Å². The highest BCUT2D eigenvalue weighted by atomic mass is 16.7. The number of rotatable bonds is 6. The number of hydrogen-bond acceptors (Lipinski definition) is 2. The molecule has 2 aromatic rings. The van der Waals surface area contributed by atoms with Crippen LogP contribution in [0.25, 0.3) is 0 Å². The van der Waals surface area contributed by atoms with Gasteiger partial charge in [0.25, 0.3) is 0 Å². The van der Waals surface area contributed by atoms with Gasteiger partial charge in [-0.3, -0.25) is 0 Å². The minimum absolute atomic E-state index is 0.230. The van der Waals surface area contributed by atoms with Crippen LogP contribution in [-0.2, 0) is 0 Å². The predicted molar refractivity (Wildman–Crippen MR) is 87.2 cm³/mol. The molecule has 2 heteroatoms. The summed E-state index contributed by atoms with van der Waals surface area (Å²) in [5.74, 6) is 2.66. The fourth-order valence-corrected chi connectivity index (χ4v) is 2.33. The van der Waals surface area contributed by atoms with E-state index in [9.17, 15) is 0 Å². The van der Waals surface area contributed by atoms with Crippen molar-refractivity contribution >= 4 is 0 Å². The molecule has 0 bridgehead atoms. The van der Waals surface area contributed by atoms with Crippen LogP contribution in [0.5, 0.6) is 11.5 Å². The quantitative estimate of drug-likeness (QED) is 0.666. The fraction of sp³-hybridized carbons (Fsp3) is 0.368. The Morgan fingerprint density at radius 3 is 1.43 bits per heavy atom. The van der Waals surface area contributed by atoms with Crippen molar-refractivity contribution in [1.82, 2.24) is 0 Å². The summed E-state index contributed by atoms with van der Waals surface area (Å²) in [6.45, 7) is 8.88. The van der Waals surface area contributed by atoms with E-state index in [1.165, 1.54) is 11.1 Å². The summed E-state index contributed by atoms with van der Waals surface area (Å²) in [7, 11) is 0. The van der Waals surface area contributed by atoms with E-state index >= 15 is 0 Å². The van der Waals surface area contributed by atoms with Crippen LogP contribution in [0, 0.1) is 0 Å². The molecule has 0 radical (unpaired) electrons. The van der Waals surface area contributed by atoms with Gasteiger partial charge in [0.2, 0.25) is 6.79 Å². The van der Waals surface area contributed by atoms with Crippen molar-refractivity contribution in [3.8, 4) is 11.5 Å². The van der Waals surface area contributed by atoms with Gasteiger partial charge in [0.15, 0.2) is 0 Å². The van der Waals surface area contributed by atoms with Crippen molar-refractivity contribution in [2.75, 3.05) is 6.79 Å². The van der Waals surface area contributed by atoms with Crippen LogP contribution in [0.3, 0.4) is 0 Å². The van der Waals surface area contributed by atoms with Gasteiger partial charge in [-0.1, -0.05) is 64.1 Å². The van der Waals surface area contributed by atoms with Gasteiger partial charge in [-0.2, -0.15) is 0 Å². The molecule has 0 N–H and O–H groups in total. The Morgan fingerprint density at radius 1 is 0.667 bits per heavy atom. The Balaban J connectivity index is 2.03. The first-order valence-corrected chi connectivity index (χ1v) is 7.53. The van der Waals surface area contributed by atoms with Crippen LogP contribution in [0.2, 0.25) is 0 Å². The maximum absolute atomic E-state index is 5.81. The van der Waals surface area contributed by atoms with Crippen molar-refractivity contribution in [2.45, 2.75) is 39.5 Å². The van der Waals surface area contributed by atoms with E-state index < -0.39 is 0 Å². The number of benzene rings is 2. The summed E-state index contributed by atoms with van der Waals surface area (Å²) in [5, 5.41) is 0. The summed E-state index contributed by atoms with van der Waals surface area (Å²) in [5.41, 5.74) is 2.41. The van der Waals surface area contributed by atoms with Crippen molar-refractivity contribution in [2.24, 2.45) is 0 Å². The summed E-state index contributed by atoms with van der Waals surface area (Å²) >= 11 is 0. The summed E-state index contributed by atoms with van der Waals surface area (Å²) in [6, 6.07) is 16.2. The standard InChI is InChI=1S/C19H24O2/c1-14(2)16-9-5-7-11-18(16)20-13-21-19-12-8-6-10-17(19)15(3)4/h5-12,14-15H,13H2,1-4H3. The zero-order chi connectivity index (χ0) is 15.2. The molecule has 0 saturated heterocycles. The topological polar surface area (TPSA) is 18.5 Å². The SMILES string of the molecule is CC(C)c1ccccc1OCOc1ccccc1C(C)C. The second kappa shape index (κ2) is 7.16. The first kappa shape index (κ1) is 15.4. The van der Waals surface area contributed by atoms with Crippen molar-refractivity contribution < 1.29 is 9.47 Å². The second-order valence-corrected chi connectivity index (χ2v) is 5.79. The smallest absolute Gasteiger partial charge is 0.230 e. The van der Waals surface area contributed by atoms with E-state index in [1.54, 1.807) is 0 Å². The first-order chi connectivity index (χ1) is 10.1. The van der Waals surface area contributed by atoms with E-state index in [2.05, 4.69) is 39.8 Å². The maximum Gasteiger partial charge on any atom is 0.230 e. The lowest BCUT2D eigenvalue weighted by Gasteiger charge is -2.16. The molecule has 0 aliphatic carbocycles. The molecule has 2 rings (SSSR count). The summed E-state index contributed by atoms with van der Waals surface area (Å²) in [4.78, 5) is 0. The number of hydrogen-bond donors (Lipinski definition) is 0. The number of para-hydroxylation sites is 2. The molecule has 0 saturated carbocycles. The molecule has 0 atom stereocenters. The van der Waals surface area contributed by atoms with Gasteiger partial charge >= 0.3 is 0 Å². The molecule has 0 heterocycles. The second-order valence-electron chi connectivity index (χ2n) is 5.79. The van der Waals surface area contributed by atoms with Crippen LogP contribution >= 0.6 is 0 Å². The molecule has 0 aliphatic rings. The highest BCUT2D eigenvalue weighted by Gasteiger charge is 2.09. The lowest BCUT2D eigenvalue weighted by Crippen LogP contribution is -2.09. The van der Waals surface area contributed by atoms with Crippen LogP contribution in [0.4, 0.5) is 0 Å². The van der Waals surface area contributed by atoms with Crippen LogP contribution in [0.1, 0.15) is 50.7 Å². The molecule has 0 amide bonds. The van der Waals surface area contributed by atoms with Crippen LogP contribution < -0.4 is 9.47 Å². The molecule has 2 nitrogen and oxygen atoms in total. The normalized spacial score (nSPS) is 11.0. The van der Waals surface area contributed by atoms with E-state index in [1.807, 2.05) is 36.4 Å². The van der Waals surface area contributed by atoms with Crippen molar-refractivity contribution in [1.29, 1.82) is 0 Å². The molecule has 21 heavy (non-hydrogen) atoms. The third-order valence-corrected chi connectivity index (χ3v) is 3.51. The molecule has 112 valence electrons. The van der Waals surface area contributed by atoms with Crippen LogP contribution in [0.15, 0.2) is 48.5 Å². The predicted octanol–water partition coefficient (Wildman–Crippen LogP) is 5.35. The average Bonchev–Trinajstić information content (AvgIpc) is 2.48. The largest absolute Gasteiger partial charge is 0.457 e. The highest BCUT2D eigenvalue weighted by molar-refractivity contribution is 5.37. The zero-order valence-corrected chi connectivity index (χ0v) is 13.3. The molecular formula is C19H24O2. The minimum atomic E-state index is 0.230. The van der Waals surface area contributed by atoms with Gasteiger partial charge in [-0.25, -0.2) is 0 Å². The first-order valence-electron chi connectivity index (χ1n) is 7.53. The molecule has 0 unspecified atom stereocenters. The molecule has 0 aromatic heterocycles. The molecule has 0 fully saturated rings. The van der Waals surface area contributed by atoms with E-state index in [4.69, 9.17) is 9.47 Å². The van der Waals surface area contributed by atoms with Gasteiger partial charge in [0.1, 0.15) is 11.5 Å². The van der Waals surface area contributed by atoms with Crippen molar-refractivity contribution in [3.05, 3.63) is 59.7 Å². The van der Waals surface area contributed by atoms with Gasteiger partial charge in [-0.05, 0) is 35.1 Å². The molecular weight excluding hydrogens is 260 g/mol. The van der Waals surface area contributed by atoms with Gasteiger partial charge in [0, 0.05) is 0 Å². The highest BCUT2D eigenvalue weighted by Crippen LogP contribution is 2.28. The van der Waals surface area contributed by atoms with Gasteiger partial charge in [0.05, 0.1) is 0 Å². The Bertz CT molecular complexity index is 522. The number of ether oxygens (including phenoxy) is 2. The average molecular weight is 284 g/mol. The molecule has 0 spiro atoms. The third kappa shape index (κ3) is 4.01. The van der Waals surface area contributed by atoms with Crippen LogP contribution in [-0.4, -0.2) is 6.79 Å². The van der Waals surface area contributed by atoms with E-state index in [-0.39, 0.29) is 6.79 Å². The lowest BCUT2D eigenvalue weighted by molar-refractivity contribution is 0.117. The Kier molecular flexibility index (Phi) is 5.26. The third-order valence-electron chi connectivity index (χ3n) is 3.51. The summed E-state index contributed by atoms with van der Waals surface area (Å²) < 4.78 is 11.6. The van der Waals surface area contributed by atoms with Crippen molar-refractivity contribution in [3.63, 3.8) is 0 Å². The summed E-state index contributed by atoms with van der Waals surface area (Å²) in [6.07, 6.45) is 0. The van der Waals surface area contributed by atoms with E-state index in [0.29, 0.717) is 11.8 Å². The molecule has 2 aromatic carbocycles. The lowest BCUT2D eigenvalue weighted by atomic mass is 10.0. The minimum Gasteiger partial charge on any atom is -0.457 e. The zero-order valence-electron chi connectivity index (χ0n) is 13.3. The Hall–Kier alpha value is -1.96. The Morgan fingerprint density at radius 2 is 1.05 bits per heavy atom. The fourth-order valence-electron chi connectivity index (χ4n) is 2.33.